The number of rotatable bonds is 0. The molecule has 0 saturated heterocycles. The summed E-state index contributed by atoms with van der Waals surface area (Å²) in [5.41, 5.74) is 0. The first-order chi connectivity index (χ1) is 5.79. The minimum absolute atomic E-state index is 0.0648. The van der Waals surface area contributed by atoms with Crippen LogP contribution in [0.4, 0.5) is 0 Å². The molecule has 5 atom stereocenters. The van der Waals surface area contributed by atoms with Crippen LogP contribution in [-0.4, -0.2) is 17.0 Å². The van der Waals surface area contributed by atoms with E-state index in [1.807, 2.05) is 12.2 Å². The number of fused-ring (bicyclic) bond motifs is 5. The molecule has 0 aromatic heterocycles. The third kappa shape index (κ3) is 0.547. The lowest BCUT2D eigenvalue weighted by Gasteiger charge is -2.16. The lowest BCUT2D eigenvalue weighted by atomic mass is 9.85. The molecule has 3 rings (SSSR count). The summed E-state index contributed by atoms with van der Waals surface area (Å²) in [7, 11) is 0. The summed E-state index contributed by atoms with van der Waals surface area (Å²) in [5.74, 6) is 0.874. The van der Waals surface area contributed by atoms with E-state index in [4.69, 9.17) is 0 Å². The predicted octanol–water partition coefficient (Wildman–Crippen LogP) is 0.534. The number of carbonyl (C=O) groups is 1. The van der Waals surface area contributed by atoms with E-state index in [1.54, 1.807) is 6.08 Å². The van der Waals surface area contributed by atoms with Crippen molar-refractivity contribution in [1.82, 2.24) is 0 Å². The molecule has 2 nitrogen and oxygen atoms in total. The van der Waals surface area contributed by atoms with Crippen molar-refractivity contribution in [2.45, 2.75) is 6.10 Å². The molecule has 1 N–H and O–H groups in total. The number of carbonyl (C=O) groups excluding carboxylic acids is 1. The first-order valence-corrected chi connectivity index (χ1v) is 4.37. The molecule has 1 saturated carbocycles. The lowest BCUT2D eigenvalue weighted by molar-refractivity contribution is -0.119. The van der Waals surface area contributed by atoms with Gasteiger partial charge < -0.3 is 5.11 Å². The Kier molecular flexibility index (Phi) is 1.04. The van der Waals surface area contributed by atoms with E-state index in [9.17, 15) is 9.90 Å². The Morgan fingerprint density at radius 3 is 2.58 bits per heavy atom. The van der Waals surface area contributed by atoms with Crippen LogP contribution < -0.4 is 0 Å². The molecule has 0 radical (unpaired) electrons. The molecule has 0 amide bonds. The Morgan fingerprint density at radius 1 is 1.08 bits per heavy atom. The van der Waals surface area contributed by atoms with Crippen LogP contribution in [0.2, 0.25) is 0 Å². The first kappa shape index (κ1) is 6.61. The Hall–Kier alpha value is -0.890. The van der Waals surface area contributed by atoms with E-state index in [0.717, 1.165) is 0 Å². The monoisotopic (exact) mass is 162 g/mol. The smallest absolute Gasteiger partial charge is 0.159 e. The van der Waals surface area contributed by atoms with Crippen LogP contribution in [0.25, 0.3) is 0 Å². The fourth-order valence-corrected chi connectivity index (χ4v) is 2.87. The standard InChI is InChI=1S/C10H10O2/c11-8-4-3-5-6-1-2-7(9(5)8)10(6)12/h1-7,9-10,12H. The zero-order valence-corrected chi connectivity index (χ0v) is 6.55. The Morgan fingerprint density at radius 2 is 1.83 bits per heavy atom. The van der Waals surface area contributed by atoms with Crippen molar-refractivity contribution in [2.24, 2.45) is 23.7 Å². The molecule has 0 aromatic rings. The van der Waals surface area contributed by atoms with Crippen LogP contribution in [0.5, 0.6) is 0 Å². The van der Waals surface area contributed by atoms with Crippen LogP contribution in [-0.2, 0) is 4.79 Å². The second-order valence-electron chi connectivity index (χ2n) is 3.89. The quantitative estimate of drug-likeness (QED) is 0.528. The van der Waals surface area contributed by atoms with Gasteiger partial charge >= 0.3 is 0 Å². The topological polar surface area (TPSA) is 37.3 Å². The van der Waals surface area contributed by atoms with E-state index in [0.29, 0.717) is 5.92 Å². The molecule has 5 unspecified atom stereocenters. The molecule has 12 heavy (non-hydrogen) atoms. The predicted molar refractivity (Wildman–Crippen MR) is 43.3 cm³/mol. The second-order valence-corrected chi connectivity index (χ2v) is 3.89. The molecule has 3 aliphatic rings. The first-order valence-electron chi connectivity index (χ1n) is 4.37. The highest BCUT2D eigenvalue weighted by Gasteiger charge is 2.54. The summed E-state index contributed by atoms with van der Waals surface area (Å²) in [4.78, 5) is 11.4. The summed E-state index contributed by atoms with van der Waals surface area (Å²) in [5, 5.41) is 9.70. The van der Waals surface area contributed by atoms with Crippen LogP contribution in [0.15, 0.2) is 24.3 Å². The van der Waals surface area contributed by atoms with Gasteiger partial charge in [0.25, 0.3) is 0 Å². The van der Waals surface area contributed by atoms with E-state index in [1.165, 1.54) is 0 Å². The van der Waals surface area contributed by atoms with Crippen LogP contribution in [0.1, 0.15) is 0 Å². The number of aliphatic hydroxyl groups excluding tert-OH is 1. The summed E-state index contributed by atoms with van der Waals surface area (Å²) in [6.45, 7) is 0. The van der Waals surface area contributed by atoms with Gasteiger partial charge in [-0.05, 0) is 12.0 Å². The van der Waals surface area contributed by atoms with E-state index >= 15 is 0 Å². The number of ketones is 1. The minimum Gasteiger partial charge on any atom is -0.392 e. The van der Waals surface area contributed by atoms with Crippen molar-refractivity contribution in [2.75, 3.05) is 0 Å². The van der Waals surface area contributed by atoms with Crippen molar-refractivity contribution >= 4 is 5.78 Å². The van der Waals surface area contributed by atoms with Crippen molar-refractivity contribution in [3.63, 3.8) is 0 Å². The van der Waals surface area contributed by atoms with Gasteiger partial charge in [0.1, 0.15) is 0 Å². The van der Waals surface area contributed by atoms with Crippen molar-refractivity contribution in [1.29, 1.82) is 0 Å². The minimum atomic E-state index is -0.297. The Bertz CT molecular complexity index is 303. The molecule has 0 aliphatic heterocycles. The number of allylic oxidation sites excluding steroid dienone is 2. The average Bonchev–Trinajstić information content (AvgIpc) is 2.66. The van der Waals surface area contributed by atoms with Crippen LogP contribution in [0.3, 0.4) is 0 Å². The van der Waals surface area contributed by atoms with Crippen molar-refractivity contribution < 1.29 is 9.90 Å². The van der Waals surface area contributed by atoms with E-state index in [2.05, 4.69) is 6.08 Å². The van der Waals surface area contributed by atoms with Gasteiger partial charge in [-0.25, -0.2) is 0 Å². The summed E-state index contributed by atoms with van der Waals surface area (Å²) >= 11 is 0. The molecule has 0 aromatic carbocycles. The molecule has 3 aliphatic carbocycles. The molecule has 2 bridgehead atoms. The van der Waals surface area contributed by atoms with Crippen molar-refractivity contribution in [3.05, 3.63) is 24.3 Å². The highest BCUT2D eigenvalue weighted by Crippen LogP contribution is 2.51. The maximum absolute atomic E-state index is 11.4. The molecule has 1 fully saturated rings. The maximum Gasteiger partial charge on any atom is 0.159 e. The zero-order chi connectivity index (χ0) is 8.29. The fraction of sp³-hybridized carbons (Fsp3) is 0.500. The van der Waals surface area contributed by atoms with E-state index in [-0.39, 0.29) is 29.6 Å². The van der Waals surface area contributed by atoms with Gasteiger partial charge in [0.15, 0.2) is 5.78 Å². The molecule has 0 spiro atoms. The Labute approximate surface area is 70.6 Å². The SMILES string of the molecule is O=C1C=CC2C3C=CC(C3O)C12. The highest BCUT2D eigenvalue weighted by molar-refractivity contribution is 5.95. The molecular weight excluding hydrogens is 152 g/mol. The molecule has 0 heterocycles. The summed E-state index contributed by atoms with van der Waals surface area (Å²) in [6, 6.07) is 0. The number of aliphatic hydroxyl groups is 1. The number of hydrogen-bond acceptors (Lipinski definition) is 2. The number of hydrogen-bond donors (Lipinski definition) is 1. The summed E-state index contributed by atoms with van der Waals surface area (Å²) < 4.78 is 0. The van der Waals surface area contributed by atoms with Gasteiger partial charge in [0, 0.05) is 17.8 Å². The van der Waals surface area contributed by atoms with Gasteiger partial charge in [-0.1, -0.05) is 18.2 Å². The second kappa shape index (κ2) is 1.88. The van der Waals surface area contributed by atoms with Gasteiger partial charge in [0.05, 0.1) is 6.10 Å². The summed E-state index contributed by atoms with van der Waals surface area (Å²) in [6.07, 6.45) is 7.40. The van der Waals surface area contributed by atoms with E-state index < -0.39 is 0 Å². The third-order valence-corrected chi connectivity index (χ3v) is 3.43. The molecule has 2 heteroatoms. The largest absolute Gasteiger partial charge is 0.392 e. The van der Waals surface area contributed by atoms with Crippen LogP contribution >= 0.6 is 0 Å². The average molecular weight is 162 g/mol. The Balaban J connectivity index is 2.08. The lowest BCUT2D eigenvalue weighted by Crippen LogP contribution is -2.21. The fourth-order valence-electron chi connectivity index (χ4n) is 2.87. The normalized spacial score (nSPS) is 53.8. The van der Waals surface area contributed by atoms with Crippen molar-refractivity contribution in [3.8, 4) is 0 Å². The van der Waals surface area contributed by atoms with Gasteiger partial charge in [0.2, 0.25) is 0 Å². The molecular formula is C10H10O2. The highest BCUT2D eigenvalue weighted by atomic mass is 16.3. The van der Waals surface area contributed by atoms with Gasteiger partial charge in [-0.15, -0.1) is 0 Å². The third-order valence-electron chi connectivity index (χ3n) is 3.43. The van der Waals surface area contributed by atoms with Gasteiger partial charge in [-0.2, -0.15) is 0 Å². The van der Waals surface area contributed by atoms with Gasteiger partial charge in [-0.3, -0.25) is 4.79 Å². The maximum atomic E-state index is 11.4. The zero-order valence-electron chi connectivity index (χ0n) is 6.55. The van der Waals surface area contributed by atoms with Crippen LogP contribution in [0, 0.1) is 23.7 Å². The molecule has 62 valence electrons.